The lowest BCUT2D eigenvalue weighted by Crippen LogP contribution is -2.36. The summed E-state index contributed by atoms with van der Waals surface area (Å²) in [5.74, 6) is -0.910. The molecule has 1 aliphatic rings. The number of nitrogens with zero attached hydrogens (tertiary/aromatic N) is 2. The average molecular weight is 278 g/mol. The minimum absolute atomic E-state index is 0.226. The summed E-state index contributed by atoms with van der Waals surface area (Å²) in [6.45, 7) is 1.37. The van der Waals surface area contributed by atoms with Crippen molar-refractivity contribution in [3.63, 3.8) is 0 Å². The number of amides is 1. The van der Waals surface area contributed by atoms with Crippen LogP contribution in [0, 0.1) is 0 Å². The van der Waals surface area contributed by atoms with Crippen LogP contribution in [0.2, 0.25) is 0 Å². The molecule has 0 aromatic carbocycles. The molecule has 1 amide bonds. The summed E-state index contributed by atoms with van der Waals surface area (Å²) in [6, 6.07) is 3.43. The number of ketones is 1. The molecule has 1 aliphatic heterocycles. The van der Waals surface area contributed by atoms with Gasteiger partial charge in [0.25, 0.3) is 11.7 Å². The van der Waals surface area contributed by atoms with E-state index >= 15 is 0 Å². The quantitative estimate of drug-likeness (QED) is 0.607. The molecule has 1 unspecified atom stereocenters. The first-order valence-corrected chi connectivity index (χ1v) is 7.12. The van der Waals surface area contributed by atoms with Crippen molar-refractivity contribution in [1.82, 2.24) is 9.47 Å². The molecule has 1 atom stereocenters. The first-order valence-electron chi connectivity index (χ1n) is 7.12. The van der Waals surface area contributed by atoms with Gasteiger partial charge in [-0.25, -0.2) is 0 Å². The zero-order valence-electron chi connectivity index (χ0n) is 12.2. The van der Waals surface area contributed by atoms with Crippen LogP contribution in [0.1, 0.15) is 36.2 Å². The van der Waals surface area contributed by atoms with Crippen LogP contribution in [0.15, 0.2) is 18.3 Å². The molecular weight excluding hydrogens is 256 g/mol. The molecule has 110 valence electrons. The van der Waals surface area contributed by atoms with Gasteiger partial charge in [0.05, 0.1) is 11.8 Å². The number of carbonyl (C=O) groups excluding carboxylic acids is 2. The molecule has 20 heavy (non-hydrogen) atoms. The van der Waals surface area contributed by atoms with Crippen molar-refractivity contribution in [2.24, 2.45) is 7.05 Å². The van der Waals surface area contributed by atoms with Crippen LogP contribution < -0.4 is 0 Å². The second kappa shape index (κ2) is 6.70. The van der Waals surface area contributed by atoms with E-state index < -0.39 is 11.7 Å². The van der Waals surface area contributed by atoms with Crippen LogP contribution in [-0.2, 0) is 16.6 Å². The summed E-state index contributed by atoms with van der Waals surface area (Å²) in [5, 5.41) is 0. The highest BCUT2D eigenvalue weighted by Gasteiger charge is 2.23. The molecule has 2 heterocycles. The van der Waals surface area contributed by atoms with Crippen LogP contribution in [0.3, 0.4) is 0 Å². The summed E-state index contributed by atoms with van der Waals surface area (Å²) < 4.78 is 7.30. The zero-order chi connectivity index (χ0) is 14.5. The molecule has 0 aliphatic carbocycles. The number of carbonyl (C=O) groups is 2. The Hall–Kier alpha value is -1.62. The number of Topliss-reactive ketones (excluding diaryl/α,β-unsaturated/α-hetero) is 1. The fraction of sp³-hybridized carbons (Fsp3) is 0.600. The summed E-state index contributed by atoms with van der Waals surface area (Å²) >= 11 is 0. The van der Waals surface area contributed by atoms with E-state index in [1.807, 2.05) is 0 Å². The normalized spacial score (nSPS) is 18.8. The third-order valence-electron chi connectivity index (χ3n) is 3.78. The number of aromatic nitrogens is 1. The second-order valence-corrected chi connectivity index (χ2v) is 5.34. The van der Waals surface area contributed by atoms with Gasteiger partial charge in [-0.2, -0.15) is 0 Å². The largest absolute Gasteiger partial charge is 0.378 e. The van der Waals surface area contributed by atoms with Gasteiger partial charge in [-0.1, -0.05) is 0 Å². The van der Waals surface area contributed by atoms with Crippen molar-refractivity contribution in [2.75, 3.05) is 20.2 Å². The Balaban J connectivity index is 1.85. The molecule has 1 aromatic rings. The van der Waals surface area contributed by atoms with Crippen LogP contribution in [0.25, 0.3) is 0 Å². The predicted molar refractivity (Wildman–Crippen MR) is 75.6 cm³/mol. The van der Waals surface area contributed by atoms with Crippen molar-refractivity contribution in [2.45, 2.75) is 31.8 Å². The van der Waals surface area contributed by atoms with Crippen molar-refractivity contribution in [3.8, 4) is 0 Å². The second-order valence-electron chi connectivity index (χ2n) is 5.34. The van der Waals surface area contributed by atoms with Crippen LogP contribution in [0.4, 0.5) is 0 Å². The SMILES string of the molecule is CN(CCC1CCCCO1)C(=O)C(=O)c1cccn1C. The minimum Gasteiger partial charge on any atom is -0.378 e. The number of hydrogen-bond acceptors (Lipinski definition) is 3. The number of likely N-dealkylation sites (N-methyl/N-ethyl adjacent to an activating group) is 1. The Morgan fingerprint density at radius 1 is 1.45 bits per heavy atom. The first-order chi connectivity index (χ1) is 9.59. The smallest absolute Gasteiger partial charge is 0.296 e. The van der Waals surface area contributed by atoms with E-state index in [-0.39, 0.29) is 6.10 Å². The maximum atomic E-state index is 12.1. The average Bonchev–Trinajstić information content (AvgIpc) is 2.90. The lowest BCUT2D eigenvalue weighted by atomic mass is 10.1. The van der Waals surface area contributed by atoms with Crippen LogP contribution >= 0.6 is 0 Å². The van der Waals surface area contributed by atoms with Crippen molar-refractivity contribution in [3.05, 3.63) is 24.0 Å². The molecule has 5 nitrogen and oxygen atoms in total. The van der Waals surface area contributed by atoms with E-state index in [0.717, 1.165) is 25.9 Å². The maximum absolute atomic E-state index is 12.1. The Bertz CT molecular complexity index is 475. The Morgan fingerprint density at radius 3 is 2.85 bits per heavy atom. The van der Waals surface area contributed by atoms with E-state index in [1.165, 1.54) is 11.3 Å². The lowest BCUT2D eigenvalue weighted by molar-refractivity contribution is -0.125. The molecule has 0 bridgehead atoms. The van der Waals surface area contributed by atoms with Gasteiger partial charge in [0.1, 0.15) is 0 Å². The van der Waals surface area contributed by atoms with Gasteiger partial charge in [0.2, 0.25) is 0 Å². The molecule has 1 fully saturated rings. The molecule has 0 N–H and O–H groups in total. The van der Waals surface area contributed by atoms with Gasteiger partial charge in [-0.05, 0) is 37.8 Å². The Labute approximate surface area is 119 Å². The van der Waals surface area contributed by atoms with Gasteiger partial charge >= 0.3 is 0 Å². The summed E-state index contributed by atoms with van der Waals surface area (Å²) in [7, 11) is 3.43. The molecule has 2 rings (SSSR count). The zero-order valence-corrected chi connectivity index (χ0v) is 12.2. The summed E-state index contributed by atoms with van der Waals surface area (Å²) in [6.07, 6.45) is 6.14. The van der Waals surface area contributed by atoms with Crippen molar-refractivity contribution >= 4 is 11.7 Å². The number of rotatable bonds is 5. The monoisotopic (exact) mass is 278 g/mol. The lowest BCUT2D eigenvalue weighted by Gasteiger charge is -2.25. The van der Waals surface area contributed by atoms with E-state index in [2.05, 4.69) is 0 Å². The molecule has 0 radical (unpaired) electrons. The van der Waals surface area contributed by atoms with Crippen molar-refractivity contribution < 1.29 is 14.3 Å². The number of ether oxygens (including phenoxy) is 1. The molecule has 5 heteroatoms. The molecular formula is C15H22N2O3. The van der Waals surface area contributed by atoms with Gasteiger partial charge in [0, 0.05) is 33.4 Å². The fourth-order valence-electron chi connectivity index (χ4n) is 2.45. The summed E-state index contributed by atoms with van der Waals surface area (Å²) in [4.78, 5) is 25.7. The third kappa shape index (κ3) is 3.48. The van der Waals surface area contributed by atoms with Gasteiger partial charge in [-0.3, -0.25) is 9.59 Å². The molecule has 1 aromatic heterocycles. The van der Waals surface area contributed by atoms with E-state index in [0.29, 0.717) is 12.2 Å². The van der Waals surface area contributed by atoms with Crippen molar-refractivity contribution in [1.29, 1.82) is 0 Å². The van der Waals surface area contributed by atoms with Gasteiger partial charge < -0.3 is 14.2 Å². The standard InChI is InChI=1S/C15H22N2O3/c1-16-9-5-7-13(16)14(18)15(19)17(2)10-8-12-6-3-4-11-20-12/h5,7,9,12H,3-4,6,8,10-11H2,1-2H3. The molecule has 1 saturated heterocycles. The fourth-order valence-corrected chi connectivity index (χ4v) is 2.45. The molecule has 0 saturated carbocycles. The Morgan fingerprint density at radius 2 is 2.25 bits per heavy atom. The first kappa shape index (κ1) is 14.8. The van der Waals surface area contributed by atoms with Crippen LogP contribution in [0.5, 0.6) is 0 Å². The highest BCUT2D eigenvalue weighted by molar-refractivity contribution is 6.42. The predicted octanol–water partition coefficient (Wildman–Crippen LogP) is 1.63. The van der Waals surface area contributed by atoms with Crippen LogP contribution in [-0.4, -0.2) is 47.5 Å². The van der Waals surface area contributed by atoms with Gasteiger partial charge in [-0.15, -0.1) is 0 Å². The molecule has 0 spiro atoms. The Kier molecular flexibility index (Phi) is 4.95. The van der Waals surface area contributed by atoms with E-state index in [4.69, 9.17) is 4.74 Å². The number of aryl methyl sites for hydroxylation is 1. The highest BCUT2D eigenvalue weighted by Crippen LogP contribution is 2.16. The maximum Gasteiger partial charge on any atom is 0.296 e. The van der Waals surface area contributed by atoms with E-state index in [1.54, 1.807) is 37.0 Å². The minimum atomic E-state index is -0.456. The van der Waals surface area contributed by atoms with Gasteiger partial charge in [0.15, 0.2) is 0 Å². The number of hydrogen-bond donors (Lipinski definition) is 0. The topological polar surface area (TPSA) is 51.5 Å². The highest BCUT2D eigenvalue weighted by atomic mass is 16.5. The summed E-state index contributed by atoms with van der Waals surface area (Å²) in [5.41, 5.74) is 0.427. The van der Waals surface area contributed by atoms with E-state index in [9.17, 15) is 9.59 Å². The third-order valence-corrected chi connectivity index (χ3v) is 3.78.